The quantitative estimate of drug-likeness (QED) is 0.873. The lowest BCUT2D eigenvalue weighted by atomic mass is 9.98. The second-order valence-corrected chi connectivity index (χ2v) is 5.45. The molecule has 1 aliphatic heterocycles. The van der Waals surface area contributed by atoms with Crippen LogP contribution in [0.25, 0.3) is 0 Å². The highest BCUT2D eigenvalue weighted by atomic mass is 16.2. The first-order valence-corrected chi connectivity index (χ1v) is 6.97. The Morgan fingerprint density at radius 2 is 2.16 bits per heavy atom. The zero-order valence-electron chi connectivity index (χ0n) is 11.7. The number of rotatable bonds is 4. The Kier molecular flexibility index (Phi) is 4.43. The van der Waals surface area contributed by atoms with Crippen LogP contribution in [0.15, 0.2) is 24.3 Å². The molecule has 1 aromatic rings. The molecule has 0 bridgehead atoms. The van der Waals surface area contributed by atoms with Gasteiger partial charge < -0.3 is 11.1 Å². The van der Waals surface area contributed by atoms with Crippen molar-refractivity contribution >= 4 is 11.7 Å². The first-order chi connectivity index (χ1) is 9.13. The highest BCUT2D eigenvalue weighted by molar-refractivity contribution is 5.93. The summed E-state index contributed by atoms with van der Waals surface area (Å²) in [5.74, 6) is 0.835. The molecule has 0 saturated carbocycles. The van der Waals surface area contributed by atoms with Crippen molar-refractivity contribution in [2.75, 3.05) is 24.5 Å². The molecule has 1 fully saturated rings. The summed E-state index contributed by atoms with van der Waals surface area (Å²) in [5.41, 5.74) is 7.86. The second kappa shape index (κ2) is 6.06. The highest BCUT2D eigenvalue weighted by Crippen LogP contribution is 2.29. The predicted molar refractivity (Wildman–Crippen MR) is 78.4 cm³/mol. The number of nitrogens with one attached hydrogen (secondary N) is 1. The number of hydrogen-bond donors (Lipinski definition) is 2. The molecular formula is C15H23N3O. The largest absolute Gasteiger partial charge is 0.337 e. The molecule has 1 unspecified atom stereocenters. The number of anilines is 1. The third-order valence-corrected chi connectivity index (χ3v) is 3.65. The summed E-state index contributed by atoms with van der Waals surface area (Å²) < 4.78 is 0. The molecule has 4 heteroatoms. The van der Waals surface area contributed by atoms with Crippen LogP contribution in [0.2, 0.25) is 0 Å². The van der Waals surface area contributed by atoms with Crippen LogP contribution < -0.4 is 16.0 Å². The summed E-state index contributed by atoms with van der Waals surface area (Å²) in [6, 6.07) is 8.14. The van der Waals surface area contributed by atoms with Gasteiger partial charge in [-0.05, 0) is 36.4 Å². The molecule has 19 heavy (non-hydrogen) atoms. The molecule has 4 nitrogen and oxygen atoms in total. The average molecular weight is 261 g/mol. The van der Waals surface area contributed by atoms with Crippen LogP contribution >= 0.6 is 0 Å². The maximum Gasteiger partial charge on any atom is 0.321 e. The predicted octanol–water partition coefficient (Wildman–Crippen LogP) is 2.30. The lowest BCUT2D eigenvalue weighted by molar-refractivity contribution is 0.236. The van der Waals surface area contributed by atoms with E-state index in [0.717, 1.165) is 25.2 Å². The summed E-state index contributed by atoms with van der Waals surface area (Å²) in [6.45, 7) is 6.46. The summed E-state index contributed by atoms with van der Waals surface area (Å²) in [6.07, 6.45) is 0.945. The molecule has 0 aromatic heterocycles. The number of para-hydroxylation sites is 1. The fourth-order valence-corrected chi connectivity index (χ4v) is 2.59. The van der Waals surface area contributed by atoms with Crippen molar-refractivity contribution in [3.63, 3.8) is 0 Å². The minimum atomic E-state index is 0.00127. The summed E-state index contributed by atoms with van der Waals surface area (Å²) in [7, 11) is 0. The molecule has 2 rings (SSSR count). The number of carbonyl (C=O) groups excluding carboxylic acids is 1. The van der Waals surface area contributed by atoms with E-state index < -0.39 is 0 Å². The Hall–Kier alpha value is -1.55. The summed E-state index contributed by atoms with van der Waals surface area (Å²) >= 11 is 0. The highest BCUT2D eigenvalue weighted by Gasteiger charge is 2.27. The molecule has 3 N–H and O–H groups in total. The third-order valence-electron chi connectivity index (χ3n) is 3.65. The van der Waals surface area contributed by atoms with Crippen molar-refractivity contribution in [1.29, 1.82) is 0 Å². The Morgan fingerprint density at radius 1 is 1.42 bits per heavy atom. The topological polar surface area (TPSA) is 58.4 Å². The lowest BCUT2D eigenvalue weighted by Crippen LogP contribution is -2.52. The number of amides is 2. The Labute approximate surface area is 115 Å². The molecule has 104 valence electrons. The summed E-state index contributed by atoms with van der Waals surface area (Å²) in [5, 5.41) is 2.96. The smallest absolute Gasteiger partial charge is 0.321 e. The van der Waals surface area contributed by atoms with Gasteiger partial charge in [-0.15, -0.1) is 0 Å². The van der Waals surface area contributed by atoms with Gasteiger partial charge in [0.15, 0.2) is 0 Å². The van der Waals surface area contributed by atoms with E-state index in [1.807, 2.05) is 23.1 Å². The van der Waals surface area contributed by atoms with Crippen molar-refractivity contribution in [3.05, 3.63) is 29.8 Å². The van der Waals surface area contributed by atoms with Gasteiger partial charge in [-0.25, -0.2) is 4.79 Å². The van der Waals surface area contributed by atoms with Crippen LogP contribution in [0, 0.1) is 5.92 Å². The van der Waals surface area contributed by atoms with Crippen molar-refractivity contribution in [1.82, 2.24) is 5.32 Å². The van der Waals surface area contributed by atoms with Crippen molar-refractivity contribution < 1.29 is 4.79 Å². The normalized spacial score (nSPS) is 19.7. The van der Waals surface area contributed by atoms with Gasteiger partial charge in [0.2, 0.25) is 0 Å². The van der Waals surface area contributed by atoms with Crippen LogP contribution in [-0.4, -0.2) is 25.7 Å². The van der Waals surface area contributed by atoms with E-state index in [9.17, 15) is 4.79 Å². The Bertz CT molecular complexity index is 445. The first-order valence-electron chi connectivity index (χ1n) is 6.97. The van der Waals surface area contributed by atoms with Gasteiger partial charge in [-0.2, -0.15) is 0 Å². The third kappa shape index (κ3) is 3.07. The summed E-state index contributed by atoms with van der Waals surface area (Å²) in [4.78, 5) is 14.0. The van der Waals surface area contributed by atoms with Crippen LogP contribution in [0.5, 0.6) is 0 Å². The fourth-order valence-electron chi connectivity index (χ4n) is 2.59. The molecule has 0 radical (unpaired) electrons. The number of urea groups is 1. The lowest BCUT2D eigenvalue weighted by Gasteiger charge is -2.34. The number of benzene rings is 1. The average Bonchev–Trinajstić information content (AvgIpc) is 2.41. The molecule has 1 saturated heterocycles. The molecule has 2 amide bonds. The maximum atomic E-state index is 12.1. The zero-order valence-corrected chi connectivity index (χ0v) is 11.7. The van der Waals surface area contributed by atoms with Gasteiger partial charge in [-0.1, -0.05) is 32.0 Å². The van der Waals surface area contributed by atoms with Gasteiger partial charge in [-0.3, -0.25) is 4.90 Å². The monoisotopic (exact) mass is 261 g/mol. The molecule has 0 aliphatic carbocycles. The van der Waals surface area contributed by atoms with E-state index in [0.29, 0.717) is 18.4 Å². The zero-order chi connectivity index (χ0) is 13.8. The Morgan fingerprint density at radius 3 is 2.84 bits per heavy atom. The minimum Gasteiger partial charge on any atom is -0.337 e. The van der Waals surface area contributed by atoms with Crippen LogP contribution in [-0.2, 0) is 0 Å². The standard InChI is InChI=1S/C15H23N3O/c1-11(2)13-5-3-4-6-14(13)18-10-12(7-8-16)9-17-15(18)19/h3-6,11-12H,7-10,16H2,1-2H3,(H,17,19). The number of nitrogens with zero attached hydrogens (tertiary/aromatic N) is 1. The van der Waals surface area contributed by atoms with Crippen molar-refractivity contribution in [3.8, 4) is 0 Å². The van der Waals surface area contributed by atoms with Crippen molar-refractivity contribution in [2.24, 2.45) is 11.7 Å². The molecule has 1 aliphatic rings. The van der Waals surface area contributed by atoms with Gasteiger partial charge in [0.1, 0.15) is 0 Å². The van der Waals surface area contributed by atoms with Gasteiger partial charge >= 0.3 is 6.03 Å². The van der Waals surface area contributed by atoms with E-state index >= 15 is 0 Å². The van der Waals surface area contributed by atoms with Crippen LogP contribution in [0.3, 0.4) is 0 Å². The van der Waals surface area contributed by atoms with Crippen LogP contribution in [0.4, 0.5) is 10.5 Å². The number of carbonyl (C=O) groups is 1. The maximum absolute atomic E-state index is 12.1. The van der Waals surface area contributed by atoms with Gasteiger partial charge in [0.25, 0.3) is 0 Å². The first kappa shape index (κ1) is 13.9. The minimum absolute atomic E-state index is 0.00127. The molecule has 1 heterocycles. The molecule has 1 aromatic carbocycles. The second-order valence-electron chi connectivity index (χ2n) is 5.45. The van der Waals surface area contributed by atoms with E-state index in [2.05, 4.69) is 25.2 Å². The van der Waals surface area contributed by atoms with E-state index in [1.54, 1.807) is 0 Å². The number of nitrogens with two attached hydrogens (primary N) is 1. The van der Waals surface area contributed by atoms with Gasteiger partial charge in [0.05, 0.1) is 0 Å². The van der Waals surface area contributed by atoms with E-state index in [1.165, 1.54) is 5.56 Å². The van der Waals surface area contributed by atoms with E-state index in [-0.39, 0.29) is 6.03 Å². The SMILES string of the molecule is CC(C)c1ccccc1N1CC(CCN)CNC1=O. The molecular weight excluding hydrogens is 238 g/mol. The van der Waals surface area contributed by atoms with Gasteiger partial charge in [0, 0.05) is 18.8 Å². The van der Waals surface area contributed by atoms with Crippen LogP contribution in [0.1, 0.15) is 31.7 Å². The Balaban J connectivity index is 2.26. The molecule has 1 atom stereocenters. The molecule has 0 spiro atoms. The van der Waals surface area contributed by atoms with E-state index in [4.69, 9.17) is 5.73 Å². The number of hydrogen-bond acceptors (Lipinski definition) is 2. The fraction of sp³-hybridized carbons (Fsp3) is 0.533. The van der Waals surface area contributed by atoms with Crippen molar-refractivity contribution in [2.45, 2.75) is 26.2 Å².